The predicted molar refractivity (Wildman–Crippen MR) is 101 cm³/mol. The van der Waals surface area contributed by atoms with E-state index < -0.39 is 5.95 Å². The third-order valence-corrected chi connectivity index (χ3v) is 4.89. The lowest BCUT2D eigenvalue weighted by atomic mass is 10.2. The molecule has 3 aromatic rings. The average molecular weight is 401 g/mol. The summed E-state index contributed by atoms with van der Waals surface area (Å²) < 4.78 is 16.5. The summed E-state index contributed by atoms with van der Waals surface area (Å²) in [5.74, 6) is 0.188. The van der Waals surface area contributed by atoms with E-state index in [0.29, 0.717) is 22.9 Å². The van der Waals surface area contributed by atoms with Gasteiger partial charge in [-0.1, -0.05) is 17.7 Å². The van der Waals surface area contributed by atoms with Crippen molar-refractivity contribution in [1.29, 1.82) is 0 Å². The highest BCUT2D eigenvalue weighted by Gasteiger charge is 2.22. The first kappa shape index (κ1) is 19.6. The van der Waals surface area contributed by atoms with E-state index in [2.05, 4.69) is 10.6 Å². The number of thioether (sulfide) groups is 1. The molecule has 0 spiro atoms. The SMILES string of the molecule is COc1ccc(NC(=O)CSc2c([O-])on[n+]2-c2ccc(C)cc2)c(OC)c1. The maximum atomic E-state index is 12.4. The van der Waals surface area contributed by atoms with Crippen LogP contribution in [-0.2, 0) is 4.79 Å². The molecule has 1 aromatic heterocycles. The Morgan fingerprint density at radius 1 is 1.21 bits per heavy atom. The number of anilines is 1. The molecule has 0 unspecified atom stereocenters. The molecule has 1 heterocycles. The number of hydrogen-bond donors (Lipinski definition) is 1. The van der Waals surface area contributed by atoms with E-state index >= 15 is 0 Å². The Hall–Kier alpha value is -3.20. The third kappa shape index (κ3) is 4.37. The number of nitrogens with zero attached hydrogens (tertiary/aromatic N) is 2. The van der Waals surface area contributed by atoms with Gasteiger partial charge in [0.1, 0.15) is 11.5 Å². The van der Waals surface area contributed by atoms with Crippen LogP contribution in [0.4, 0.5) is 5.69 Å². The molecule has 0 fully saturated rings. The Bertz CT molecular complexity index is 972. The van der Waals surface area contributed by atoms with Crippen molar-refractivity contribution in [2.75, 3.05) is 25.3 Å². The van der Waals surface area contributed by atoms with Crippen LogP contribution in [-0.4, -0.2) is 31.2 Å². The van der Waals surface area contributed by atoms with Crippen LogP contribution in [0.2, 0.25) is 0 Å². The molecule has 0 radical (unpaired) electrons. The highest BCUT2D eigenvalue weighted by Crippen LogP contribution is 2.29. The Morgan fingerprint density at radius 3 is 2.64 bits per heavy atom. The van der Waals surface area contributed by atoms with E-state index in [9.17, 15) is 9.90 Å². The number of carbonyl (C=O) groups is 1. The van der Waals surface area contributed by atoms with Gasteiger partial charge < -0.3 is 24.4 Å². The average Bonchev–Trinajstić information content (AvgIpc) is 3.07. The van der Waals surface area contributed by atoms with E-state index in [1.807, 2.05) is 31.2 Å². The first-order chi connectivity index (χ1) is 13.5. The van der Waals surface area contributed by atoms with Gasteiger partial charge in [0.25, 0.3) is 5.03 Å². The second-order valence-corrected chi connectivity index (χ2v) is 6.78. The van der Waals surface area contributed by atoms with Crippen LogP contribution in [0.1, 0.15) is 5.56 Å². The van der Waals surface area contributed by atoms with Gasteiger partial charge in [0, 0.05) is 18.2 Å². The van der Waals surface area contributed by atoms with E-state index in [-0.39, 0.29) is 16.7 Å². The van der Waals surface area contributed by atoms with Crippen LogP contribution >= 0.6 is 11.8 Å². The van der Waals surface area contributed by atoms with Crippen LogP contribution in [0.15, 0.2) is 52.0 Å². The first-order valence-corrected chi connectivity index (χ1v) is 9.31. The molecule has 0 saturated carbocycles. The number of benzene rings is 2. The van der Waals surface area contributed by atoms with Gasteiger partial charge in [-0.05, 0) is 35.5 Å². The quantitative estimate of drug-likeness (QED) is 0.478. The zero-order chi connectivity index (χ0) is 20.1. The van der Waals surface area contributed by atoms with Gasteiger partial charge in [-0.25, -0.2) is 0 Å². The molecule has 28 heavy (non-hydrogen) atoms. The second-order valence-electron chi connectivity index (χ2n) is 5.82. The van der Waals surface area contributed by atoms with Gasteiger partial charge in [-0.15, -0.1) is 0 Å². The van der Waals surface area contributed by atoms with Gasteiger partial charge in [0.2, 0.25) is 11.6 Å². The Kier molecular flexibility index (Phi) is 6.05. The van der Waals surface area contributed by atoms with Crippen molar-refractivity contribution in [3.63, 3.8) is 0 Å². The number of nitrogens with one attached hydrogen (secondary N) is 1. The summed E-state index contributed by atoms with van der Waals surface area (Å²) in [5, 5.41) is 18.7. The minimum absolute atomic E-state index is 0.00248. The number of ether oxygens (including phenoxy) is 2. The lowest BCUT2D eigenvalue weighted by Gasteiger charge is -2.11. The number of aromatic nitrogens is 2. The summed E-state index contributed by atoms with van der Waals surface area (Å²) >= 11 is 1.04. The molecule has 0 aliphatic rings. The summed E-state index contributed by atoms with van der Waals surface area (Å²) in [6.45, 7) is 1.96. The molecule has 9 heteroatoms. The molecule has 0 aliphatic carbocycles. The van der Waals surface area contributed by atoms with Gasteiger partial charge in [0.05, 0.1) is 30.9 Å². The molecule has 0 atom stereocenters. The monoisotopic (exact) mass is 401 g/mol. The highest BCUT2D eigenvalue weighted by molar-refractivity contribution is 7.99. The Balaban J connectivity index is 1.70. The van der Waals surface area contributed by atoms with Crippen molar-refractivity contribution in [1.82, 2.24) is 5.27 Å². The fraction of sp³-hybridized carbons (Fsp3) is 0.211. The van der Waals surface area contributed by atoms with Crippen molar-refractivity contribution < 1.29 is 28.6 Å². The smallest absolute Gasteiger partial charge is 0.298 e. The number of amides is 1. The maximum Gasteiger partial charge on any atom is 0.298 e. The Labute approximate surface area is 166 Å². The number of hydrogen-bond acceptors (Lipinski definition) is 7. The summed E-state index contributed by atoms with van der Waals surface area (Å²) in [4.78, 5) is 12.4. The van der Waals surface area contributed by atoms with Crippen molar-refractivity contribution in [2.24, 2.45) is 0 Å². The van der Waals surface area contributed by atoms with Crippen molar-refractivity contribution in [2.45, 2.75) is 11.9 Å². The lowest BCUT2D eigenvalue weighted by Crippen LogP contribution is -2.35. The van der Waals surface area contributed by atoms with Gasteiger partial charge in [-0.2, -0.15) is 0 Å². The van der Waals surface area contributed by atoms with Crippen molar-refractivity contribution >= 4 is 23.4 Å². The number of methoxy groups -OCH3 is 2. The van der Waals surface area contributed by atoms with Crippen molar-refractivity contribution in [3.05, 3.63) is 48.0 Å². The molecule has 0 saturated heterocycles. The van der Waals surface area contributed by atoms with Crippen LogP contribution in [0.5, 0.6) is 17.4 Å². The van der Waals surface area contributed by atoms with Crippen LogP contribution in [0.25, 0.3) is 5.69 Å². The molecule has 8 nitrogen and oxygen atoms in total. The molecule has 146 valence electrons. The zero-order valence-electron chi connectivity index (χ0n) is 15.6. The molecule has 0 aliphatic heterocycles. The summed E-state index contributed by atoms with van der Waals surface area (Å²) in [6.07, 6.45) is 0. The second kappa shape index (κ2) is 8.66. The fourth-order valence-electron chi connectivity index (χ4n) is 2.43. The van der Waals surface area contributed by atoms with Crippen LogP contribution in [0.3, 0.4) is 0 Å². The minimum Gasteiger partial charge on any atom is -0.538 e. The minimum atomic E-state index is -0.597. The molecular formula is C19H19N3O5S. The van der Waals surface area contributed by atoms with E-state index in [4.69, 9.17) is 14.0 Å². The van der Waals surface area contributed by atoms with E-state index in [1.165, 1.54) is 11.8 Å². The summed E-state index contributed by atoms with van der Waals surface area (Å²) in [6, 6.07) is 12.5. The predicted octanol–water partition coefficient (Wildman–Crippen LogP) is 2.08. The highest BCUT2D eigenvalue weighted by atomic mass is 32.2. The normalized spacial score (nSPS) is 10.5. The van der Waals surface area contributed by atoms with Crippen LogP contribution in [0, 0.1) is 6.92 Å². The first-order valence-electron chi connectivity index (χ1n) is 8.32. The van der Waals surface area contributed by atoms with Gasteiger partial charge in [-0.3, -0.25) is 4.79 Å². The van der Waals surface area contributed by atoms with Crippen molar-refractivity contribution in [3.8, 4) is 23.1 Å². The molecule has 1 N–H and O–H groups in total. The lowest BCUT2D eigenvalue weighted by molar-refractivity contribution is -0.705. The maximum absolute atomic E-state index is 12.4. The Morgan fingerprint density at radius 2 is 1.96 bits per heavy atom. The van der Waals surface area contributed by atoms with Gasteiger partial charge >= 0.3 is 0 Å². The number of aryl methyl sites for hydroxylation is 1. The zero-order valence-corrected chi connectivity index (χ0v) is 16.4. The number of carbonyl (C=O) groups excluding carboxylic acids is 1. The summed E-state index contributed by atoms with van der Waals surface area (Å²) in [7, 11) is 3.05. The standard InChI is InChI=1S/C19H19N3O5S/c1-12-4-6-13(7-5-12)22-18(19(24)27-21-22)28-11-17(23)20-15-9-8-14(25-2)10-16(15)26-3/h4-10H,11H2,1-3H3,(H-,20,21,23,24). The molecule has 3 rings (SSSR count). The molecular weight excluding hydrogens is 382 g/mol. The largest absolute Gasteiger partial charge is 0.538 e. The van der Waals surface area contributed by atoms with Gasteiger partial charge in [0.15, 0.2) is 5.95 Å². The molecule has 2 aromatic carbocycles. The topological polar surface area (TPSA) is 101 Å². The fourth-order valence-corrected chi connectivity index (χ4v) is 3.19. The molecule has 1 amide bonds. The molecule has 0 bridgehead atoms. The number of rotatable bonds is 7. The van der Waals surface area contributed by atoms with E-state index in [0.717, 1.165) is 17.3 Å². The van der Waals surface area contributed by atoms with Crippen LogP contribution < -0.4 is 24.6 Å². The third-order valence-electron chi connectivity index (χ3n) is 3.87. The summed E-state index contributed by atoms with van der Waals surface area (Å²) in [5.41, 5.74) is 2.27. The van der Waals surface area contributed by atoms with E-state index in [1.54, 1.807) is 25.3 Å².